The third-order valence-corrected chi connectivity index (χ3v) is 14.2. The van der Waals surface area contributed by atoms with Gasteiger partial charge in [0.1, 0.15) is 0 Å². The lowest BCUT2D eigenvalue weighted by Gasteiger charge is -2.32. The summed E-state index contributed by atoms with van der Waals surface area (Å²) in [5, 5.41) is 0. The second kappa shape index (κ2) is 19.6. The van der Waals surface area contributed by atoms with Crippen molar-refractivity contribution in [2.45, 2.75) is 98.3 Å². The Morgan fingerprint density at radius 3 is 2.05 bits per heavy atom. The van der Waals surface area contributed by atoms with Gasteiger partial charge in [-0.3, -0.25) is 0 Å². The molecule has 9 rings (SSSR count). The second-order valence-corrected chi connectivity index (χ2v) is 20.3. The van der Waals surface area contributed by atoms with Crippen LogP contribution in [0.5, 0.6) is 0 Å². The number of aryl methyl sites for hydroxylation is 1. The molecule has 66 heavy (non-hydrogen) atoms. The molecule has 0 N–H and O–H groups in total. The van der Waals surface area contributed by atoms with E-state index in [9.17, 15) is 0 Å². The number of nitrogens with zero attached hydrogens (tertiary/aromatic N) is 1. The van der Waals surface area contributed by atoms with Gasteiger partial charge in [-0.15, -0.1) is 0 Å². The van der Waals surface area contributed by atoms with Gasteiger partial charge in [-0.2, -0.15) is 0 Å². The predicted molar refractivity (Wildman–Crippen MR) is 284 cm³/mol. The molecule has 0 heterocycles. The third-order valence-electron chi connectivity index (χ3n) is 14.2. The third kappa shape index (κ3) is 9.87. The second-order valence-electron chi connectivity index (χ2n) is 20.3. The molecule has 1 heteroatoms. The Kier molecular flexibility index (Phi) is 13.3. The fraction of sp³-hybridized carbons (Fsp3) is 0.262. The lowest BCUT2D eigenvalue weighted by Crippen LogP contribution is -2.23. The van der Waals surface area contributed by atoms with Crippen molar-refractivity contribution in [2.24, 2.45) is 11.3 Å². The summed E-state index contributed by atoms with van der Waals surface area (Å²) in [4.78, 5) is 2.45. The number of para-hydroxylation sites is 1. The molecule has 1 unspecified atom stereocenters. The van der Waals surface area contributed by atoms with Crippen LogP contribution in [-0.4, -0.2) is 0 Å². The molecule has 0 aromatic heterocycles. The maximum atomic E-state index is 2.51. The number of hydrogen-bond donors (Lipinski definition) is 0. The summed E-state index contributed by atoms with van der Waals surface area (Å²) in [5.74, 6) is 0.572. The smallest absolute Gasteiger partial charge is 0.0458 e. The number of hydrogen-bond acceptors (Lipinski definition) is 1. The van der Waals surface area contributed by atoms with E-state index in [1.807, 2.05) is 0 Å². The summed E-state index contributed by atoms with van der Waals surface area (Å²) in [5.41, 5.74) is 21.4. The molecule has 4 aliphatic carbocycles. The van der Waals surface area contributed by atoms with Crippen LogP contribution in [0.1, 0.15) is 118 Å². The molecule has 0 saturated heterocycles. The number of rotatable bonds is 6. The van der Waals surface area contributed by atoms with Crippen molar-refractivity contribution in [1.82, 2.24) is 0 Å². The maximum absolute atomic E-state index is 2.51. The fourth-order valence-corrected chi connectivity index (χ4v) is 10.6. The molecular formula is C65H67N. The highest BCUT2D eigenvalue weighted by molar-refractivity contribution is 5.80. The first kappa shape index (κ1) is 44.7. The van der Waals surface area contributed by atoms with Crippen molar-refractivity contribution >= 4 is 22.5 Å². The van der Waals surface area contributed by atoms with Crippen molar-refractivity contribution in [3.63, 3.8) is 0 Å². The van der Waals surface area contributed by atoms with Crippen molar-refractivity contribution in [3.8, 4) is 0 Å². The summed E-state index contributed by atoms with van der Waals surface area (Å²) in [6.45, 7) is 14.3. The minimum Gasteiger partial charge on any atom is -0.314 e. The van der Waals surface area contributed by atoms with Gasteiger partial charge < -0.3 is 4.90 Å². The highest BCUT2D eigenvalue weighted by Crippen LogP contribution is 2.44. The monoisotopic (exact) mass is 862 g/mol. The zero-order valence-corrected chi connectivity index (χ0v) is 40.2. The van der Waals surface area contributed by atoms with E-state index in [-0.39, 0.29) is 10.8 Å². The van der Waals surface area contributed by atoms with Gasteiger partial charge in [0, 0.05) is 22.5 Å². The highest BCUT2D eigenvalue weighted by Gasteiger charge is 2.29. The molecule has 5 aromatic carbocycles. The van der Waals surface area contributed by atoms with E-state index >= 15 is 0 Å². The number of allylic oxidation sites excluding steroid dienone is 18. The maximum Gasteiger partial charge on any atom is 0.0458 e. The van der Waals surface area contributed by atoms with Crippen LogP contribution in [-0.2, 0) is 24.7 Å². The van der Waals surface area contributed by atoms with Crippen molar-refractivity contribution in [1.29, 1.82) is 0 Å². The average molecular weight is 862 g/mol. The number of fused-ring (bicyclic) bond motifs is 3. The fourth-order valence-electron chi connectivity index (χ4n) is 10.6. The molecule has 1 atom stereocenters. The van der Waals surface area contributed by atoms with Gasteiger partial charge in [-0.1, -0.05) is 205 Å². The van der Waals surface area contributed by atoms with E-state index in [1.54, 1.807) is 0 Å². The average Bonchev–Trinajstić information content (AvgIpc) is 3.57. The summed E-state index contributed by atoms with van der Waals surface area (Å²) in [6.07, 6.45) is 36.2. The van der Waals surface area contributed by atoms with Crippen molar-refractivity contribution < 1.29 is 0 Å². The predicted octanol–water partition coefficient (Wildman–Crippen LogP) is 17.3. The Hall–Kier alpha value is -6.44. The first-order valence-electron chi connectivity index (χ1n) is 24.5. The molecule has 0 bridgehead atoms. The minimum absolute atomic E-state index is 0.0463. The molecule has 0 spiro atoms. The van der Waals surface area contributed by atoms with E-state index in [4.69, 9.17) is 0 Å². The van der Waals surface area contributed by atoms with Crippen LogP contribution in [0.15, 0.2) is 217 Å². The molecule has 0 radical (unpaired) electrons. The van der Waals surface area contributed by atoms with Gasteiger partial charge in [0.15, 0.2) is 0 Å². The normalized spacial score (nSPS) is 19.6. The largest absolute Gasteiger partial charge is 0.314 e. The van der Waals surface area contributed by atoms with E-state index < -0.39 is 0 Å². The van der Waals surface area contributed by atoms with Crippen LogP contribution in [0, 0.1) is 11.3 Å². The SMILES string of the molecule is CC1C=C(c2ccc(N(C3=CC=C(C4=CCC=C(c5ccc6c(c5)C/C=C\C=C/CCc5ccccc5C(C)(C)c5ccccc5C6)C=C4C(C)(C)C)CC3)c3ccccc3)cc2)C=CC1. The lowest BCUT2D eigenvalue weighted by atomic mass is 9.73. The van der Waals surface area contributed by atoms with Crippen LogP contribution in [0.25, 0.3) is 11.1 Å². The Morgan fingerprint density at radius 2 is 1.30 bits per heavy atom. The lowest BCUT2D eigenvalue weighted by molar-refractivity contribution is 0.511. The van der Waals surface area contributed by atoms with E-state index in [2.05, 4.69) is 241 Å². The van der Waals surface area contributed by atoms with Crippen LogP contribution in [0.3, 0.4) is 0 Å². The standard InChI is InChI=1S/C65H67N/c1-47-21-19-26-51(43-47)48-35-39-58(40-36-48)66(57-28-13-10-14-29-57)59-41-37-49(38-42-59)60-30-20-27-53(46-63(60)64(2,3)4)54-33-34-55-45-56-25-16-18-32-62(56)65(5,6)61-31-17-15-23-50(61)22-11-8-7-9-12-24-52(55)44-54/h7-10,12-19,23,25-37,39-41,43-44,46-47H,11,20-22,24,38,42,45H2,1-6H3/b8-7-,12-9-. The van der Waals surface area contributed by atoms with Gasteiger partial charge in [-0.25, -0.2) is 0 Å². The summed E-state index contributed by atoms with van der Waals surface area (Å²) in [6, 6.07) is 45.6. The molecule has 0 amide bonds. The Morgan fingerprint density at radius 1 is 0.606 bits per heavy atom. The Labute approximate surface area is 396 Å². The van der Waals surface area contributed by atoms with Crippen LogP contribution >= 0.6 is 0 Å². The molecule has 0 saturated carbocycles. The van der Waals surface area contributed by atoms with Crippen molar-refractivity contribution in [2.75, 3.05) is 4.90 Å². The van der Waals surface area contributed by atoms with Crippen LogP contribution in [0.4, 0.5) is 11.4 Å². The van der Waals surface area contributed by atoms with Gasteiger partial charge >= 0.3 is 0 Å². The van der Waals surface area contributed by atoms with E-state index in [1.165, 1.54) is 89.4 Å². The molecule has 0 fully saturated rings. The number of anilines is 2. The highest BCUT2D eigenvalue weighted by atomic mass is 15.1. The molecular weight excluding hydrogens is 795 g/mol. The summed E-state index contributed by atoms with van der Waals surface area (Å²) < 4.78 is 0. The van der Waals surface area contributed by atoms with Crippen molar-refractivity contribution in [3.05, 3.63) is 261 Å². The summed E-state index contributed by atoms with van der Waals surface area (Å²) in [7, 11) is 0. The van der Waals surface area contributed by atoms with Gasteiger partial charge in [-0.05, 0) is 165 Å². The van der Waals surface area contributed by atoms with Gasteiger partial charge in [0.2, 0.25) is 0 Å². The van der Waals surface area contributed by atoms with E-state index in [0.717, 1.165) is 51.4 Å². The van der Waals surface area contributed by atoms with Crippen LogP contribution < -0.4 is 4.90 Å². The first-order chi connectivity index (χ1) is 32.0. The van der Waals surface area contributed by atoms with E-state index in [0.29, 0.717) is 5.92 Å². The van der Waals surface area contributed by atoms with Gasteiger partial charge in [0.05, 0.1) is 0 Å². The molecule has 0 aliphatic heterocycles. The molecule has 332 valence electrons. The molecule has 4 aliphatic rings. The Bertz CT molecular complexity index is 2850. The Balaban J connectivity index is 1.02. The molecule has 5 aromatic rings. The topological polar surface area (TPSA) is 3.24 Å². The number of benzene rings is 5. The van der Waals surface area contributed by atoms with Crippen LogP contribution in [0.2, 0.25) is 0 Å². The molecule has 1 nitrogen and oxygen atoms in total. The zero-order valence-electron chi connectivity index (χ0n) is 40.2. The first-order valence-corrected chi connectivity index (χ1v) is 24.5. The minimum atomic E-state index is -0.123. The van der Waals surface area contributed by atoms with Gasteiger partial charge in [0.25, 0.3) is 0 Å². The zero-order chi connectivity index (χ0) is 45.7. The quantitative estimate of drug-likeness (QED) is 0.164. The summed E-state index contributed by atoms with van der Waals surface area (Å²) >= 11 is 0.